The molecule has 3 heteroatoms. The molecule has 0 amide bonds. The molecule has 1 aromatic carbocycles. The second kappa shape index (κ2) is 4.51. The first kappa shape index (κ1) is 11.1. The minimum absolute atomic E-state index is 0.245. The molecule has 1 nitrogen and oxygen atoms in total. The summed E-state index contributed by atoms with van der Waals surface area (Å²) < 4.78 is 25.7. The van der Waals surface area contributed by atoms with Gasteiger partial charge in [0.2, 0.25) is 0 Å². The number of aliphatic hydroxyl groups excluding tert-OH is 1. The van der Waals surface area contributed by atoms with Crippen molar-refractivity contribution in [2.75, 3.05) is 0 Å². The Morgan fingerprint density at radius 2 is 1.71 bits per heavy atom. The highest BCUT2D eigenvalue weighted by Crippen LogP contribution is 2.22. The zero-order valence-electron chi connectivity index (χ0n) is 8.30. The van der Waals surface area contributed by atoms with Crippen LogP contribution in [0.1, 0.15) is 31.7 Å². The van der Waals surface area contributed by atoms with E-state index < -0.39 is 17.7 Å². The average molecular weight is 200 g/mol. The largest absolute Gasteiger partial charge is 0.393 e. The molecule has 1 rings (SSSR count). The van der Waals surface area contributed by atoms with Crippen molar-refractivity contribution < 1.29 is 13.9 Å². The number of hydrogen-bond donors (Lipinski definition) is 1. The zero-order valence-corrected chi connectivity index (χ0v) is 8.30. The molecule has 14 heavy (non-hydrogen) atoms. The summed E-state index contributed by atoms with van der Waals surface area (Å²) >= 11 is 0. The van der Waals surface area contributed by atoms with Gasteiger partial charge >= 0.3 is 0 Å². The maximum Gasteiger partial charge on any atom is 0.126 e. The molecule has 78 valence electrons. The lowest BCUT2D eigenvalue weighted by Gasteiger charge is -2.17. The highest BCUT2D eigenvalue weighted by Gasteiger charge is 2.15. The molecule has 1 aromatic rings. The van der Waals surface area contributed by atoms with Gasteiger partial charge in [-0.3, -0.25) is 0 Å². The molecule has 1 N–H and O–H groups in total. The predicted molar refractivity (Wildman–Crippen MR) is 51.1 cm³/mol. The van der Waals surface area contributed by atoms with Gasteiger partial charge in [-0.15, -0.1) is 0 Å². The smallest absolute Gasteiger partial charge is 0.126 e. The molecule has 0 saturated carbocycles. The molecule has 0 aliphatic rings. The van der Waals surface area contributed by atoms with Crippen LogP contribution in [-0.4, -0.2) is 11.2 Å². The minimum Gasteiger partial charge on any atom is -0.393 e. The zero-order chi connectivity index (χ0) is 10.7. The molecule has 0 aromatic heterocycles. The third kappa shape index (κ3) is 2.51. The van der Waals surface area contributed by atoms with Gasteiger partial charge in [-0.25, -0.2) is 8.78 Å². The lowest BCUT2D eigenvalue weighted by molar-refractivity contribution is 0.145. The Morgan fingerprint density at radius 1 is 1.21 bits per heavy atom. The Labute approximate surface area is 82.4 Å². The van der Waals surface area contributed by atoms with Crippen molar-refractivity contribution in [3.05, 3.63) is 35.4 Å². The Kier molecular flexibility index (Phi) is 3.58. The van der Waals surface area contributed by atoms with E-state index in [0.717, 1.165) is 6.07 Å². The number of rotatable bonds is 3. The minimum atomic E-state index is -0.602. The molecule has 0 aliphatic carbocycles. The Hall–Kier alpha value is -0.960. The highest BCUT2D eigenvalue weighted by molar-refractivity contribution is 5.22. The van der Waals surface area contributed by atoms with E-state index in [-0.39, 0.29) is 5.92 Å². The van der Waals surface area contributed by atoms with Crippen LogP contribution in [-0.2, 0) is 0 Å². The quantitative estimate of drug-likeness (QED) is 0.795. The Balaban J connectivity index is 2.94. The molecule has 0 aliphatic heterocycles. The van der Waals surface area contributed by atoms with Crippen LogP contribution in [0, 0.1) is 11.6 Å². The van der Waals surface area contributed by atoms with E-state index in [2.05, 4.69) is 0 Å². The van der Waals surface area contributed by atoms with Gasteiger partial charge in [0.05, 0.1) is 6.10 Å². The van der Waals surface area contributed by atoms with E-state index in [1.807, 2.05) is 6.92 Å². The van der Waals surface area contributed by atoms with Crippen LogP contribution in [0.5, 0.6) is 0 Å². The van der Waals surface area contributed by atoms with Gasteiger partial charge in [-0.2, -0.15) is 0 Å². The van der Waals surface area contributed by atoms with Gasteiger partial charge in [0, 0.05) is 12.0 Å². The van der Waals surface area contributed by atoms with Crippen LogP contribution in [0.4, 0.5) is 8.78 Å². The van der Waals surface area contributed by atoms with Gasteiger partial charge in [0.15, 0.2) is 0 Å². The van der Waals surface area contributed by atoms with E-state index in [1.165, 1.54) is 12.1 Å². The summed E-state index contributed by atoms with van der Waals surface area (Å²) in [5.74, 6) is -1.45. The van der Waals surface area contributed by atoms with Gasteiger partial charge in [-0.05, 0) is 24.1 Å². The lowest BCUT2D eigenvalue weighted by atomic mass is 9.94. The van der Waals surface area contributed by atoms with Gasteiger partial charge in [0.1, 0.15) is 11.6 Å². The summed E-state index contributed by atoms with van der Waals surface area (Å²) in [5, 5.41) is 9.52. The van der Waals surface area contributed by atoms with Crippen molar-refractivity contribution in [1.29, 1.82) is 0 Å². The third-order valence-electron chi connectivity index (χ3n) is 2.41. The van der Waals surface area contributed by atoms with E-state index in [0.29, 0.717) is 12.0 Å². The molecular weight excluding hydrogens is 186 g/mol. The molecule has 0 heterocycles. The number of hydrogen-bond acceptors (Lipinski definition) is 1. The van der Waals surface area contributed by atoms with Crippen LogP contribution in [0.2, 0.25) is 0 Å². The number of aliphatic hydroxyl groups is 1. The van der Waals surface area contributed by atoms with Crippen LogP contribution in [0.25, 0.3) is 0 Å². The lowest BCUT2D eigenvalue weighted by Crippen LogP contribution is -2.14. The Bertz CT molecular complexity index is 292. The monoisotopic (exact) mass is 200 g/mol. The maximum atomic E-state index is 12.8. The summed E-state index contributed by atoms with van der Waals surface area (Å²) in [6.45, 7) is 3.58. The third-order valence-corrected chi connectivity index (χ3v) is 2.41. The van der Waals surface area contributed by atoms with Gasteiger partial charge in [0.25, 0.3) is 0 Å². The van der Waals surface area contributed by atoms with E-state index >= 15 is 0 Å². The van der Waals surface area contributed by atoms with Crippen LogP contribution < -0.4 is 0 Å². The average Bonchev–Trinajstić information content (AvgIpc) is 2.14. The van der Waals surface area contributed by atoms with Gasteiger partial charge in [-0.1, -0.05) is 13.8 Å². The fraction of sp³-hybridized carbons (Fsp3) is 0.455. The molecule has 0 bridgehead atoms. The van der Waals surface area contributed by atoms with Crippen molar-refractivity contribution in [3.63, 3.8) is 0 Å². The number of halogens is 2. The Morgan fingerprint density at radius 3 is 2.14 bits per heavy atom. The van der Waals surface area contributed by atoms with Gasteiger partial charge < -0.3 is 5.11 Å². The maximum absolute atomic E-state index is 12.8. The van der Waals surface area contributed by atoms with Crippen molar-refractivity contribution in [1.82, 2.24) is 0 Å². The normalized spacial score (nSPS) is 15.2. The first-order valence-corrected chi connectivity index (χ1v) is 4.68. The fourth-order valence-corrected chi connectivity index (χ4v) is 1.41. The van der Waals surface area contributed by atoms with E-state index in [4.69, 9.17) is 0 Å². The predicted octanol–water partition coefficient (Wildman–Crippen LogP) is 2.84. The second-order valence-electron chi connectivity index (χ2n) is 3.47. The summed E-state index contributed by atoms with van der Waals surface area (Å²) in [7, 11) is 0. The molecular formula is C11H14F2O. The first-order valence-electron chi connectivity index (χ1n) is 4.68. The van der Waals surface area contributed by atoms with Crippen LogP contribution in [0.15, 0.2) is 18.2 Å². The summed E-state index contributed by atoms with van der Waals surface area (Å²) in [6, 6.07) is 3.34. The van der Waals surface area contributed by atoms with Crippen LogP contribution >= 0.6 is 0 Å². The fourth-order valence-electron chi connectivity index (χ4n) is 1.41. The van der Waals surface area contributed by atoms with Crippen LogP contribution in [0.3, 0.4) is 0 Å². The molecule has 2 atom stereocenters. The van der Waals surface area contributed by atoms with Crippen molar-refractivity contribution in [3.8, 4) is 0 Å². The number of benzene rings is 1. The highest BCUT2D eigenvalue weighted by atomic mass is 19.1. The molecule has 2 unspecified atom stereocenters. The summed E-state index contributed by atoms with van der Waals surface area (Å²) in [6.07, 6.45) is 0.00967. The second-order valence-corrected chi connectivity index (χ2v) is 3.47. The summed E-state index contributed by atoms with van der Waals surface area (Å²) in [4.78, 5) is 0. The summed E-state index contributed by atoms with van der Waals surface area (Å²) in [5.41, 5.74) is 0.497. The topological polar surface area (TPSA) is 20.2 Å². The van der Waals surface area contributed by atoms with E-state index in [9.17, 15) is 13.9 Å². The first-order chi connectivity index (χ1) is 6.54. The molecule has 0 radical (unpaired) electrons. The SMILES string of the molecule is CCC(O)C(C)c1cc(F)cc(F)c1. The molecule has 0 saturated heterocycles. The van der Waals surface area contributed by atoms with Crippen molar-refractivity contribution >= 4 is 0 Å². The van der Waals surface area contributed by atoms with Crippen molar-refractivity contribution in [2.45, 2.75) is 32.3 Å². The molecule has 0 spiro atoms. The standard InChI is InChI=1S/C11H14F2O/c1-3-11(14)7(2)8-4-9(12)6-10(13)5-8/h4-7,11,14H,3H2,1-2H3. The van der Waals surface area contributed by atoms with E-state index in [1.54, 1.807) is 6.92 Å². The van der Waals surface area contributed by atoms with Crippen molar-refractivity contribution in [2.24, 2.45) is 0 Å². The molecule has 0 fully saturated rings.